The minimum absolute atomic E-state index is 0. The summed E-state index contributed by atoms with van der Waals surface area (Å²) in [5.74, 6) is -4.66. The molecule has 0 saturated carbocycles. The van der Waals surface area contributed by atoms with E-state index in [1.54, 1.807) is 34.5 Å². The molecule has 1 saturated heterocycles. The fraction of sp³-hybridized carbons (Fsp3) is 0.292. The smallest absolute Gasteiger partial charge is 0.194 e. The molecule has 1 atom stereocenters. The van der Waals surface area contributed by atoms with Crippen molar-refractivity contribution in [1.29, 1.82) is 0 Å². The molecule has 192 valence electrons. The summed E-state index contributed by atoms with van der Waals surface area (Å²) in [5.41, 5.74) is 3.19. The quantitative estimate of drug-likeness (QED) is 0.213. The number of aliphatic hydroxyl groups is 1. The first-order valence-electron chi connectivity index (χ1n) is 10.9. The first kappa shape index (κ1) is 26.6. The molecule has 1 unspecified atom stereocenters. The fourth-order valence-corrected chi connectivity index (χ4v) is 5.13. The Morgan fingerprint density at radius 3 is 2.50 bits per heavy atom. The topological polar surface area (TPSA) is 53.8 Å². The number of aliphatic hydroxyl groups excluding tert-OH is 1. The molecule has 6 nitrogen and oxygen atoms in total. The van der Waals surface area contributed by atoms with E-state index in [0.29, 0.717) is 25.9 Å². The van der Waals surface area contributed by atoms with Gasteiger partial charge in [0.25, 0.3) is 0 Å². The summed E-state index contributed by atoms with van der Waals surface area (Å²) in [6.45, 7) is 1.02. The Kier molecular flexibility index (Phi) is 7.72. The van der Waals surface area contributed by atoms with Crippen molar-refractivity contribution in [2.75, 3.05) is 26.7 Å². The molecule has 36 heavy (non-hydrogen) atoms. The normalized spacial score (nSPS) is 19.4. The molecule has 1 aromatic heterocycles. The highest BCUT2D eigenvalue weighted by Crippen LogP contribution is 2.44. The maximum atomic E-state index is 13.5. The average Bonchev–Trinajstić information content (AvgIpc) is 3.26. The second kappa shape index (κ2) is 10.5. The zero-order valence-electron chi connectivity index (χ0n) is 19.2. The first-order valence-corrected chi connectivity index (χ1v) is 11.6. The maximum Gasteiger partial charge on any atom is 0.194 e. The van der Waals surface area contributed by atoms with Crippen molar-refractivity contribution in [2.24, 2.45) is 5.41 Å². The minimum Gasteiger partial charge on any atom is -0.408 e. The molecule has 3 aromatic rings. The number of benzene rings is 2. The van der Waals surface area contributed by atoms with Crippen molar-refractivity contribution < 1.29 is 26.9 Å². The van der Waals surface area contributed by atoms with Crippen molar-refractivity contribution in [1.82, 2.24) is 19.2 Å². The van der Waals surface area contributed by atoms with Gasteiger partial charge in [0, 0.05) is 37.7 Å². The number of hydrazine groups is 1. The summed E-state index contributed by atoms with van der Waals surface area (Å²) >= 11 is 0.851. The van der Waals surface area contributed by atoms with Gasteiger partial charge in [0.2, 0.25) is 0 Å². The average molecular weight is 541 g/mol. The van der Waals surface area contributed by atoms with E-state index in [2.05, 4.69) is 11.2 Å². The Morgan fingerprint density at radius 1 is 1.14 bits per heavy atom. The van der Waals surface area contributed by atoms with Crippen LogP contribution in [0.15, 0.2) is 48.2 Å². The Bertz CT molecular complexity index is 1260. The van der Waals surface area contributed by atoms with Crippen LogP contribution in [-0.2, 0) is 6.42 Å². The summed E-state index contributed by atoms with van der Waals surface area (Å²) in [6.07, 6.45) is 5.05. The SMILES string of the molecule is CN(SOc1cc(F)c(F)c(F)c1)N1CCC2=Cc3c(cnn3-c3ccc(F)cc3)CC2(CO)C1.S. The molecule has 0 spiro atoms. The van der Waals surface area contributed by atoms with Crippen molar-refractivity contribution in [3.8, 4) is 11.4 Å². The summed E-state index contributed by atoms with van der Waals surface area (Å²) < 4.78 is 62.3. The van der Waals surface area contributed by atoms with E-state index < -0.39 is 22.9 Å². The summed E-state index contributed by atoms with van der Waals surface area (Å²) in [7, 11) is 1.74. The molecular formula is C24H24F4N4O2S2. The molecule has 2 aliphatic rings. The predicted molar refractivity (Wildman–Crippen MR) is 134 cm³/mol. The molecule has 1 aliphatic heterocycles. The van der Waals surface area contributed by atoms with Gasteiger partial charge in [-0.2, -0.15) is 23.0 Å². The van der Waals surface area contributed by atoms with E-state index in [1.807, 2.05) is 5.01 Å². The van der Waals surface area contributed by atoms with Crippen LogP contribution in [0.2, 0.25) is 0 Å². The van der Waals surface area contributed by atoms with Crippen LogP contribution in [0.5, 0.6) is 5.75 Å². The first-order chi connectivity index (χ1) is 16.8. The number of fused-ring (bicyclic) bond motifs is 2. The van der Waals surface area contributed by atoms with E-state index in [4.69, 9.17) is 4.18 Å². The predicted octanol–water partition coefficient (Wildman–Crippen LogP) is 4.65. The number of hydrogen-bond acceptors (Lipinski definition) is 6. The highest BCUT2D eigenvalue weighted by molar-refractivity contribution is 7.92. The molecule has 1 aliphatic carbocycles. The van der Waals surface area contributed by atoms with Crippen molar-refractivity contribution in [3.05, 3.63) is 82.7 Å². The third-order valence-corrected chi connectivity index (χ3v) is 7.22. The lowest BCUT2D eigenvalue weighted by atomic mass is 9.69. The van der Waals surface area contributed by atoms with Crippen LogP contribution in [0, 0.1) is 28.7 Å². The standard InChI is InChI=1S/C24H22F4N4O2S.H2S/c1-30(35-34-19-9-20(26)23(28)21(27)10-19)31-7-6-16-8-22-15(11-24(16,13-31)14-33)12-29-32(22)18-4-2-17(25)3-5-18;/h2-5,8-10,12,33H,6-7,11,13-14H2,1H3;1H2. The van der Waals surface area contributed by atoms with Crippen LogP contribution in [-0.4, -0.2) is 51.1 Å². The molecule has 2 heterocycles. The molecule has 5 rings (SSSR count). The van der Waals surface area contributed by atoms with Gasteiger partial charge in [-0.3, -0.25) is 0 Å². The highest BCUT2D eigenvalue weighted by Gasteiger charge is 2.43. The summed E-state index contributed by atoms with van der Waals surface area (Å²) in [5, 5.41) is 16.9. The largest absolute Gasteiger partial charge is 0.408 e. The van der Waals surface area contributed by atoms with Gasteiger partial charge in [0.15, 0.2) is 29.7 Å². The number of hydrogen-bond donors (Lipinski definition) is 1. The van der Waals surface area contributed by atoms with Crippen LogP contribution in [0.3, 0.4) is 0 Å². The van der Waals surface area contributed by atoms with E-state index in [1.165, 1.54) is 12.1 Å². The van der Waals surface area contributed by atoms with E-state index in [9.17, 15) is 22.7 Å². The van der Waals surface area contributed by atoms with Gasteiger partial charge < -0.3 is 9.29 Å². The Balaban J connectivity index is 0.00000304. The van der Waals surface area contributed by atoms with Crippen LogP contribution >= 0.6 is 25.7 Å². The van der Waals surface area contributed by atoms with E-state index in [-0.39, 0.29) is 31.7 Å². The van der Waals surface area contributed by atoms with Crippen LogP contribution in [0.25, 0.3) is 11.8 Å². The minimum atomic E-state index is -1.55. The number of piperidine rings is 1. The van der Waals surface area contributed by atoms with E-state index >= 15 is 0 Å². The van der Waals surface area contributed by atoms with Crippen LogP contribution < -0.4 is 4.18 Å². The monoisotopic (exact) mass is 540 g/mol. The molecule has 2 aromatic carbocycles. The van der Waals surface area contributed by atoms with Crippen LogP contribution in [0.1, 0.15) is 17.7 Å². The zero-order valence-corrected chi connectivity index (χ0v) is 21.0. The van der Waals surface area contributed by atoms with Gasteiger partial charge in [-0.25, -0.2) is 27.3 Å². The Morgan fingerprint density at radius 2 is 1.83 bits per heavy atom. The van der Waals surface area contributed by atoms with Gasteiger partial charge in [0.1, 0.15) is 11.6 Å². The second-order valence-corrected chi connectivity index (χ2v) is 9.53. The van der Waals surface area contributed by atoms with Crippen molar-refractivity contribution in [3.63, 3.8) is 0 Å². The molecule has 12 heteroatoms. The third-order valence-electron chi connectivity index (χ3n) is 6.50. The van der Waals surface area contributed by atoms with Gasteiger partial charge in [-0.05, 0) is 48.7 Å². The van der Waals surface area contributed by atoms with Gasteiger partial charge in [-0.1, -0.05) is 5.57 Å². The van der Waals surface area contributed by atoms with Crippen molar-refractivity contribution in [2.45, 2.75) is 12.8 Å². The van der Waals surface area contributed by atoms with Crippen molar-refractivity contribution >= 4 is 31.8 Å². The zero-order chi connectivity index (χ0) is 24.7. The highest BCUT2D eigenvalue weighted by atomic mass is 32.2. The second-order valence-electron chi connectivity index (χ2n) is 8.69. The molecular weight excluding hydrogens is 516 g/mol. The van der Waals surface area contributed by atoms with Gasteiger partial charge in [-0.15, -0.1) is 0 Å². The number of nitrogens with zero attached hydrogens (tertiary/aromatic N) is 4. The number of rotatable bonds is 6. The fourth-order valence-electron chi connectivity index (χ4n) is 4.61. The lowest BCUT2D eigenvalue weighted by Gasteiger charge is -2.47. The van der Waals surface area contributed by atoms with Gasteiger partial charge in [0.05, 0.1) is 24.2 Å². The molecule has 0 amide bonds. The number of aromatic nitrogens is 2. The number of halogens is 4. The Labute approximate surface area is 216 Å². The molecule has 1 N–H and O–H groups in total. The summed E-state index contributed by atoms with van der Waals surface area (Å²) in [6, 6.07) is 7.69. The molecule has 0 radical (unpaired) electrons. The lowest BCUT2D eigenvalue weighted by molar-refractivity contribution is -0.000898. The molecule has 1 fully saturated rings. The van der Waals surface area contributed by atoms with Crippen LogP contribution in [0.4, 0.5) is 17.6 Å². The molecule has 0 bridgehead atoms. The van der Waals surface area contributed by atoms with Gasteiger partial charge >= 0.3 is 0 Å². The maximum absolute atomic E-state index is 13.5. The third kappa shape index (κ3) is 4.88. The van der Waals surface area contributed by atoms with E-state index in [0.717, 1.165) is 46.9 Å². The lowest BCUT2D eigenvalue weighted by Crippen LogP contribution is -2.52. The summed E-state index contributed by atoms with van der Waals surface area (Å²) in [4.78, 5) is 0. The Hall–Kier alpha value is -2.51.